The number of benzene rings is 1. The smallest absolute Gasteiger partial charge is 0.133 e. The summed E-state index contributed by atoms with van der Waals surface area (Å²) in [4.78, 5) is 0. The van der Waals surface area contributed by atoms with Crippen molar-refractivity contribution in [1.82, 2.24) is 0 Å². The Bertz CT molecular complexity index is 536. The predicted octanol–water partition coefficient (Wildman–Crippen LogP) is 3.66. The standard InChI is InChI=1S/C14H16BrNO2/c1-3-10-5-7-13(18-10)14(16)9-4-6-12(17-2)11(15)8-9/h4-8,14H,3,16H2,1-2H3. The highest BCUT2D eigenvalue weighted by molar-refractivity contribution is 9.10. The molecule has 4 heteroatoms. The van der Waals surface area contributed by atoms with Crippen LogP contribution in [0.15, 0.2) is 39.2 Å². The van der Waals surface area contributed by atoms with Crippen molar-refractivity contribution < 1.29 is 9.15 Å². The molecule has 96 valence electrons. The van der Waals surface area contributed by atoms with Gasteiger partial charge in [0.05, 0.1) is 17.6 Å². The molecule has 0 bridgehead atoms. The van der Waals surface area contributed by atoms with Crippen molar-refractivity contribution >= 4 is 15.9 Å². The first-order valence-corrected chi connectivity index (χ1v) is 6.62. The van der Waals surface area contributed by atoms with Crippen molar-refractivity contribution in [3.8, 4) is 5.75 Å². The number of ether oxygens (including phenoxy) is 1. The van der Waals surface area contributed by atoms with Crippen LogP contribution in [0.25, 0.3) is 0 Å². The van der Waals surface area contributed by atoms with Crippen LogP contribution in [0.1, 0.15) is 30.0 Å². The quantitative estimate of drug-likeness (QED) is 0.937. The summed E-state index contributed by atoms with van der Waals surface area (Å²) in [6, 6.07) is 9.44. The maximum Gasteiger partial charge on any atom is 0.133 e. The largest absolute Gasteiger partial charge is 0.496 e. The van der Waals surface area contributed by atoms with Gasteiger partial charge in [-0.2, -0.15) is 0 Å². The molecule has 0 aliphatic carbocycles. The number of rotatable bonds is 4. The zero-order chi connectivity index (χ0) is 13.1. The van der Waals surface area contributed by atoms with Gasteiger partial charge in [-0.15, -0.1) is 0 Å². The molecule has 1 aromatic carbocycles. The fourth-order valence-corrected chi connectivity index (χ4v) is 2.35. The lowest BCUT2D eigenvalue weighted by atomic mass is 10.1. The van der Waals surface area contributed by atoms with Crippen LogP contribution in [0, 0.1) is 0 Å². The fraction of sp³-hybridized carbons (Fsp3) is 0.286. The molecule has 1 atom stereocenters. The minimum Gasteiger partial charge on any atom is -0.496 e. The van der Waals surface area contributed by atoms with E-state index in [0.717, 1.165) is 33.7 Å². The van der Waals surface area contributed by atoms with Gasteiger partial charge in [0.2, 0.25) is 0 Å². The van der Waals surface area contributed by atoms with Gasteiger partial charge < -0.3 is 14.9 Å². The molecule has 0 saturated heterocycles. The lowest BCUT2D eigenvalue weighted by Gasteiger charge is -2.11. The Labute approximate surface area is 115 Å². The van der Waals surface area contributed by atoms with Crippen LogP contribution < -0.4 is 10.5 Å². The number of hydrogen-bond acceptors (Lipinski definition) is 3. The Kier molecular flexibility index (Phi) is 4.09. The number of furan rings is 1. The van der Waals surface area contributed by atoms with E-state index in [4.69, 9.17) is 14.9 Å². The lowest BCUT2D eigenvalue weighted by molar-refractivity contribution is 0.411. The third-order valence-electron chi connectivity index (χ3n) is 2.87. The molecule has 0 radical (unpaired) electrons. The zero-order valence-corrected chi connectivity index (χ0v) is 12.0. The fourth-order valence-electron chi connectivity index (χ4n) is 1.79. The van der Waals surface area contributed by atoms with E-state index in [1.807, 2.05) is 30.3 Å². The van der Waals surface area contributed by atoms with Crippen molar-refractivity contribution in [1.29, 1.82) is 0 Å². The summed E-state index contributed by atoms with van der Waals surface area (Å²) in [6.45, 7) is 2.05. The predicted molar refractivity (Wildman–Crippen MR) is 74.8 cm³/mol. The van der Waals surface area contributed by atoms with E-state index in [2.05, 4.69) is 22.9 Å². The van der Waals surface area contributed by atoms with E-state index in [1.54, 1.807) is 7.11 Å². The monoisotopic (exact) mass is 309 g/mol. The van der Waals surface area contributed by atoms with Crippen LogP contribution in [0.3, 0.4) is 0 Å². The second-order valence-electron chi connectivity index (χ2n) is 4.03. The maximum absolute atomic E-state index is 6.19. The molecule has 2 rings (SSSR count). The van der Waals surface area contributed by atoms with Crippen molar-refractivity contribution in [3.63, 3.8) is 0 Å². The zero-order valence-electron chi connectivity index (χ0n) is 10.4. The topological polar surface area (TPSA) is 48.4 Å². The molecule has 1 unspecified atom stereocenters. The maximum atomic E-state index is 6.19. The first-order valence-electron chi connectivity index (χ1n) is 5.83. The van der Waals surface area contributed by atoms with Crippen LogP contribution in [0.5, 0.6) is 5.75 Å². The molecule has 0 aliphatic heterocycles. The SMILES string of the molecule is CCc1ccc(C(N)c2ccc(OC)c(Br)c2)o1. The van der Waals surface area contributed by atoms with Gasteiger partial charge in [0.15, 0.2) is 0 Å². The second-order valence-corrected chi connectivity index (χ2v) is 4.88. The van der Waals surface area contributed by atoms with Crippen LogP contribution >= 0.6 is 15.9 Å². The molecular weight excluding hydrogens is 294 g/mol. The molecule has 3 nitrogen and oxygen atoms in total. The molecular formula is C14H16BrNO2. The molecule has 1 heterocycles. The molecule has 0 fully saturated rings. The van der Waals surface area contributed by atoms with Gasteiger partial charge >= 0.3 is 0 Å². The van der Waals surface area contributed by atoms with Crippen molar-refractivity contribution in [2.45, 2.75) is 19.4 Å². The summed E-state index contributed by atoms with van der Waals surface area (Å²) in [5.74, 6) is 2.52. The summed E-state index contributed by atoms with van der Waals surface area (Å²) < 4.78 is 11.8. The molecule has 2 N–H and O–H groups in total. The van der Waals surface area contributed by atoms with Crippen molar-refractivity contribution in [2.24, 2.45) is 5.73 Å². The number of aryl methyl sites for hydroxylation is 1. The third kappa shape index (κ3) is 2.60. The molecule has 18 heavy (non-hydrogen) atoms. The van der Waals surface area contributed by atoms with Crippen LogP contribution in [-0.4, -0.2) is 7.11 Å². The van der Waals surface area contributed by atoms with E-state index in [-0.39, 0.29) is 6.04 Å². The highest BCUT2D eigenvalue weighted by Gasteiger charge is 2.14. The van der Waals surface area contributed by atoms with E-state index in [0.29, 0.717) is 0 Å². The summed E-state index contributed by atoms with van der Waals surface area (Å²) in [7, 11) is 1.64. The lowest BCUT2D eigenvalue weighted by Crippen LogP contribution is -2.10. The van der Waals surface area contributed by atoms with Crippen molar-refractivity contribution in [2.75, 3.05) is 7.11 Å². The van der Waals surface area contributed by atoms with Crippen LogP contribution in [0.4, 0.5) is 0 Å². The minimum atomic E-state index is -0.257. The molecule has 1 aromatic heterocycles. The van der Waals surface area contributed by atoms with E-state index < -0.39 is 0 Å². The Balaban J connectivity index is 2.27. The summed E-state index contributed by atoms with van der Waals surface area (Å²) in [5, 5.41) is 0. The summed E-state index contributed by atoms with van der Waals surface area (Å²) in [6.07, 6.45) is 0.874. The third-order valence-corrected chi connectivity index (χ3v) is 3.49. The van der Waals surface area contributed by atoms with Gasteiger partial charge in [0.1, 0.15) is 17.3 Å². The highest BCUT2D eigenvalue weighted by atomic mass is 79.9. The Morgan fingerprint density at radius 2 is 2.11 bits per heavy atom. The Morgan fingerprint density at radius 1 is 1.33 bits per heavy atom. The van der Waals surface area contributed by atoms with Gasteiger partial charge in [-0.1, -0.05) is 13.0 Å². The summed E-state index contributed by atoms with van der Waals surface area (Å²) >= 11 is 3.46. The number of methoxy groups -OCH3 is 1. The number of nitrogens with two attached hydrogens (primary N) is 1. The van der Waals surface area contributed by atoms with E-state index in [9.17, 15) is 0 Å². The van der Waals surface area contributed by atoms with Crippen molar-refractivity contribution in [3.05, 3.63) is 51.9 Å². The van der Waals surface area contributed by atoms with Gasteiger partial charge in [-0.25, -0.2) is 0 Å². The molecule has 0 saturated carbocycles. The minimum absolute atomic E-state index is 0.257. The average Bonchev–Trinajstić information content (AvgIpc) is 2.86. The first kappa shape index (κ1) is 13.2. The normalized spacial score (nSPS) is 12.4. The van der Waals surface area contributed by atoms with Crippen LogP contribution in [-0.2, 0) is 6.42 Å². The second kappa shape index (κ2) is 5.59. The Hall–Kier alpha value is -1.26. The van der Waals surface area contributed by atoms with Gasteiger partial charge in [0.25, 0.3) is 0 Å². The molecule has 0 amide bonds. The van der Waals surface area contributed by atoms with Gasteiger partial charge in [-0.05, 0) is 45.8 Å². The van der Waals surface area contributed by atoms with E-state index in [1.165, 1.54) is 0 Å². The summed E-state index contributed by atoms with van der Waals surface area (Å²) in [5.41, 5.74) is 7.18. The molecule has 0 aliphatic rings. The van der Waals surface area contributed by atoms with Gasteiger partial charge in [-0.3, -0.25) is 0 Å². The number of halogens is 1. The molecule has 2 aromatic rings. The number of hydrogen-bond donors (Lipinski definition) is 1. The Morgan fingerprint density at radius 3 is 2.67 bits per heavy atom. The van der Waals surface area contributed by atoms with E-state index >= 15 is 0 Å². The highest BCUT2D eigenvalue weighted by Crippen LogP contribution is 2.30. The molecule has 0 spiro atoms. The van der Waals surface area contributed by atoms with Gasteiger partial charge in [0, 0.05) is 6.42 Å². The van der Waals surface area contributed by atoms with Crippen LogP contribution in [0.2, 0.25) is 0 Å². The average molecular weight is 310 g/mol. The first-order chi connectivity index (χ1) is 8.65.